The molecule has 2 aliphatic rings. The summed E-state index contributed by atoms with van der Waals surface area (Å²) in [4.78, 5) is 0.744. The molecule has 0 unspecified atom stereocenters. The molecule has 0 amide bonds. The predicted molar refractivity (Wildman–Crippen MR) is 75.3 cm³/mol. The van der Waals surface area contributed by atoms with E-state index in [9.17, 15) is 0 Å². The fraction of sp³-hybridized carbons (Fsp3) is 0.636. The van der Waals surface area contributed by atoms with Crippen LogP contribution in [0.25, 0.3) is 0 Å². The Balaban J connectivity index is 2.29. The predicted octanol–water partition coefficient (Wildman–Crippen LogP) is 3.41. The molecule has 0 saturated heterocycles. The largest absolute Gasteiger partial charge is 0.360 e. The lowest BCUT2D eigenvalue weighted by Crippen LogP contribution is -2.46. The van der Waals surface area contributed by atoms with E-state index >= 15 is 0 Å². The van der Waals surface area contributed by atoms with Crippen LogP contribution in [0.2, 0.25) is 0 Å². The van der Waals surface area contributed by atoms with E-state index in [1.807, 2.05) is 11.8 Å². The van der Waals surface area contributed by atoms with E-state index in [2.05, 4.69) is 18.3 Å². The van der Waals surface area contributed by atoms with Crippen molar-refractivity contribution in [1.29, 1.82) is 5.26 Å². The zero-order chi connectivity index (χ0) is 11.6. The number of nitrogens with zero attached hydrogens (tertiary/aromatic N) is 1. The number of nitriles is 1. The van der Waals surface area contributed by atoms with Crippen molar-refractivity contribution in [2.75, 3.05) is 5.75 Å². The van der Waals surface area contributed by atoms with Crippen LogP contribution in [0, 0.1) is 11.3 Å². The van der Waals surface area contributed by atoms with Crippen LogP contribution < -0.4 is 5.32 Å². The molecule has 1 heterocycles. The summed E-state index contributed by atoms with van der Waals surface area (Å²) in [5.74, 6) is 0.992. The molecule has 1 aliphatic heterocycles. The van der Waals surface area contributed by atoms with Gasteiger partial charge in [-0.05, 0) is 18.6 Å². The zero-order valence-electron chi connectivity index (χ0n) is 9.21. The summed E-state index contributed by atoms with van der Waals surface area (Å²) in [6.45, 7) is 2.11. The number of rotatable bonds is 2. The molecule has 1 N–H and O–H groups in total. The topological polar surface area (TPSA) is 35.8 Å². The van der Waals surface area contributed by atoms with Gasteiger partial charge in [0, 0.05) is 0 Å². The Hall–Kier alpha value is -0.180. The Morgan fingerprint density at radius 1 is 1.56 bits per heavy atom. The normalized spacial score (nSPS) is 23.4. The van der Waals surface area contributed by atoms with Crippen LogP contribution >= 0.6 is 35.7 Å². The summed E-state index contributed by atoms with van der Waals surface area (Å²) in [5, 5.41) is 12.5. The Bertz CT molecular complexity index is 375. The zero-order valence-corrected chi connectivity index (χ0v) is 11.7. The highest BCUT2D eigenvalue weighted by molar-refractivity contribution is 8.23. The van der Waals surface area contributed by atoms with Crippen molar-refractivity contribution in [3.05, 3.63) is 9.81 Å². The Kier molecular flexibility index (Phi) is 3.83. The van der Waals surface area contributed by atoms with Crippen molar-refractivity contribution in [3.63, 3.8) is 0 Å². The first kappa shape index (κ1) is 12.3. The lowest BCUT2D eigenvalue weighted by atomic mass is 10.2. The standard InChI is InChI=1S/C11H14N2S3/c1-2-15-10-8(7-12)9(14)13-11(16-10)5-3-4-6-11/h2-6H2,1H3,(H,13,14). The summed E-state index contributed by atoms with van der Waals surface area (Å²) >= 11 is 8.87. The molecule has 0 aromatic carbocycles. The minimum Gasteiger partial charge on any atom is -0.360 e. The highest BCUT2D eigenvalue weighted by Crippen LogP contribution is 2.49. The van der Waals surface area contributed by atoms with Gasteiger partial charge in [0.05, 0.1) is 9.11 Å². The van der Waals surface area contributed by atoms with Gasteiger partial charge in [-0.2, -0.15) is 5.26 Å². The van der Waals surface area contributed by atoms with Crippen LogP contribution in [0.5, 0.6) is 0 Å². The van der Waals surface area contributed by atoms with Gasteiger partial charge in [-0.1, -0.05) is 43.7 Å². The highest BCUT2D eigenvalue weighted by atomic mass is 32.2. The van der Waals surface area contributed by atoms with Gasteiger partial charge in [-0.15, -0.1) is 11.8 Å². The van der Waals surface area contributed by atoms with Gasteiger partial charge in [0.15, 0.2) is 0 Å². The van der Waals surface area contributed by atoms with Gasteiger partial charge in [0.2, 0.25) is 0 Å². The molecule has 5 heteroatoms. The smallest absolute Gasteiger partial charge is 0.120 e. The quantitative estimate of drug-likeness (QED) is 0.778. The molecule has 0 aromatic rings. The Labute approximate surface area is 110 Å². The fourth-order valence-corrected chi connectivity index (χ4v) is 5.53. The second kappa shape index (κ2) is 4.99. The first-order chi connectivity index (χ1) is 7.71. The van der Waals surface area contributed by atoms with Gasteiger partial charge in [-0.3, -0.25) is 0 Å². The number of hydrogen-bond donors (Lipinski definition) is 1. The molecule has 0 bridgehead atoms. The Morgan fingerprint density at radius 2 is 2.25 bits per heavy atom. The van der Waals surface area contributed by atoms with Crippen LogP contribution in [0.3, 0.4) is 0 Å². The minimum absolute atomic E-state index is 0.0922. The summed E-state index contributed by atoms with van der Waals surface area (Å²) < 4.78 is 1.12. The second-order valence-electron chi connectivity index (χ2n) is 3.96. The molecule has 1 fully saturated rings. The summed E-state index contributed by atoms with van der Waals surface area (Å²) in [7, 11) is 0. The molecule has 2 nitrogen and oxygen atoms in total. The molecule has 0 atom stereocenters. The maximum atomic E-state index is 9.13. The lowest BCUT2D eigenvalue weighted by molar-refractivity contribution is 0.574. The third-order valence-electron chi connectivity index (χ3n) is 2.86. The van der Waals surface area contributed by atoms with Crippen molar-refractivity contribution in [2.24, 2.45) is 0 Å². The number of hydrogen-bond acceptors (Lipinski definition) is 4. The van der Waals surface area contributed by atoms with Crippen LogP contribution in [-0.2, 0) is 0 Å². The van der Waals surface area contributed by atoms with Crippen LogP contribution in [-0.4, -0.2) is 15.6 Å². The monoisotopic (exact) mass is 270 g/mol. The average molecular weight is 270 g/mol. The van der Waals surface area contributed by atoms with E-state index in [0.717, 1.165) is 22.8 Å². The van der Waals surface area contributed by atoms with E-state index < -0.39 is 0 Å². The van der Waals surface area contributed by atoms with Gasteiger partial charge in [-0.25, -0.2) is 0 Å². The van der Waals surface area contributed by atoms with Crippen LogP contribution in [0.1, 0.15) is 32.6 Å². The molecule has 1 aliphatic carbocycles. The molecule has 0 radical (unpaired) electrons. The minimum atomic E-state index is 0.0922. The van der Waals surface area contributed by atoms with Crippen molar-refractivity contribution in [3.8, 4) is 6.07 Å². The molecule has 0 aromatic heterocycles. The maximum absolute atomic E-state index is 9.13. The second-order valence-corrected chi connectivity index (χ2v) is 7.30. The third-order valence-corrected chi connectivity index (χ3v) is 5.81. The van der Waals surface area contributed by atoms with Gasteiger partial charge < -0.3 is 5.32 Å². The molecule has 1 spiro atoms. The fourth-order valence-electron chi connectivity index (χ4n) is 2.12. The van der Waals surface area contributed by atoms with Crippen LogP contribution in [0.4, 0.5) is 0 Å². The van der Waals surface area contributed by atoms with Crippen molar-refractivity contribution in [1.82, 2.24) is 5.32 Å². The SMILES string of the molecule is CCSC1=C(C#N)C(=S)NC2(CCCC2)S1. The van der Waals surface area contributed by atoms with Crippen molar-refractivity contribution < 1.29 is 0 Å². The van der Waals surface area contributed by atoms with E-state index in [-0.39, 0.29) is 4.87 Å². The number of thiocarbonyl (C=S) groups is 1. The lowest BCUT2D eigenvalue weighted by Gasteiger charge is -2.35. The summed E-state index contributed by atoms with van der Waals surface area (Å²) in [5.41, 5.74) is 0.671. The number of nitrogens with one attached hydrogen (secondary N) is 1. The molecule has 86 valence electrons. The molecule has 2 rings (SSSR count). The molecule has 16 heavy (non-hydrogen) atoms. The molecular formula is C11H14N2S3. The molecular weight excluding hydrogens is 256 g/mol. The van der Waals surface area contributed by atoms with E-state index in [1.54, 1.807) is 11.8 Å². The third kappa shape index (κ3) is 2.24. The first-order valence-electron chi connectivity index (χ1n) is 5.49. The average Bonchev–Trinajstić information content (AvgIpc) is 2.66. The van der Waals surface area contributed by atoms with E-state index in [4.69, 9.17) is 17.5 Å². The van der Waals surface area contributed by atoms with Crippen LogP contribution in [0.15, 0.2) is 9.81 Å². The first-order valence-corrected chi connectivity index (χ1v) is 7.70. The van der Waals surface area contributed by atoms with E-state index in [0.29, 0.717) is 10.6 Å². The number of thioether (sulfide) groups is 2. The highest BCUT2D eigenvalue weighted by Gasteiger charge is 2.40. The summed E-state index contributed by atoms with van der Waals surface area (Å²) in [6, 6.07) is 2.23. The summed E-state index contributed by atoms with van der Waals surface area (Å²) in [6.07, 6.45) is 4.83. The van der Waals surface area contributed by atoms with E-state index in [1.165, 1.54) is 12.8 Å². The van der Waals surface area contributed by atoms with Crippen molar-refractivity contribution >= 4 is 40.7 Å². The van der Waals surface area contributed by atoms with Gasteiger partial charge in [0.25, 0.3) is 0 Å². The van der Waals surface area contributed by atoms with Gasteiger partial charge in [0.1, 0.15) is 16.6 Å². The van der Waals surface area contributed by atoms with Gasteiger partial charge >= 0.3 is 0 Å². The Morgan fingerprint density at radius 3 is 2.81 bits per heavy atom. The maximum Gasteiger partial charge on any atom is 0.120 e. The molecule has 1 saturated carbocycles. The van der Waals surface area contributed by atoms with Crippen molar-refractivity contribution in [2.45, 2.75) is 37.5 Å².